The van der Waals surface area contributed by atoms with Crippen molar-refractivity contribution in [1.29, 1.82) is 0 Å². The van der Waals surface area contributed by atoms with Gasteiger partial charge in [0, 0.05) is 6.54 Å². The lowest BCUT2D eigenvalue weighted by atomic mass is 10.1. The van der Waals surface area contributed by atoms with Crippen LogP contribution in [-0.2, 0) is 13.0 Å². The molecule has 0 radical (unpaired) electrons. The number of nitrogens with zero attached hydrogens (tertiary/aromatic N) is 2. The van der Waals surface area contributed by atoms with Crippen LogP contribution in [0, 0.1) is 0 Å². The summed E-state index contributed by atoms with van der Waals surface area (Å²) in [6, 6.07) is 0.693. The Morgan fingerprint density at radius 3 is 3.07 bits per heavy atom. The molecule has 76 valence electrons. The Kier molecular flexibility index (Phi) is 2.05. The van der Waals surface area contributed by atoms with Crippen LogP contribution in [0.1, 0.15) is 43.0 Å². The van der Waals surface area contributed by atoms with Crippen molar-refractivity contribution >= 4 is 0 Å². The summed E-state index contributed by atoms with van der Waals surface area (Å²) in [5.74, 6) is 0. The van der Waals surface area contributed by atoms with Crippen molar-refractivity contribution in [2.24, 2.45) is 0 Å². The van der Waals surface area contributed by atoms with Gasteiger partial charge in [0.25, 0.3) is 0 Å². The van der Waals surface area contributed by atoms with E-state index in [0.717, 1.165) is 19.5 Å². The Hall–Kier alpha value is -0.830. The number of fused-ring (bicyclic) bond motifs is 1. The lowest BCUT2D eigenvalue weighted by molar-refractivity contribution is 0.436. The number of rotatable bonds is 1. The summed E-state index contributed by atoms with van der Waals surface area (Å²) >= 11 is 0. The summed E-state index contributed by atoms with van der Waals surface area (Å²) in [6.07, 6.45) is 8.65. The second-order valence-electron chi connectivity index (χ2n) is 4.43. The molecule has 2 aliphatic rings. The van der Waals surface area contributed by atoms with Gasteiger partial charge in [-0.15, -0.1) is 0 Å². The molecule has 0 saturated heterocycles. The van der Waals surface area contributed by atoms with Crippen molar-refractivity contribution in [2.75, 3.05) is 6.54 Å². The van der Waals surface area contributed by atoms with E-state index < -0.39 is 0 Å². The molecule has 0 spiro atoms. The first-order valence-corrected chi connectivity index (χ1v) is 5.71. The fourth-order valence-electron chi connectivity index (χ4n) is 2.72. The van der Waals surface area contributed by atoms with E-state index in [0.29, 0.717) is 6.04 Å². The molecule has 1 aliphatic heterocycles. The van der Waals surface area contributed by atoms with Crippen LogP contribution in [0.4, 0.5) is 0 Å². The molecular weight excluding hydrogens is 174 g/mol. The Morgan fingerprint density at radius 2 is 2.21 bits per heavy atom. The van der Waals surface area contributed by atoms with Crippen LogP contribution in [0.3, 0.4) is 0 Å². The molecule has 0 bridgehead atoms. The van der Waals surface area contributed by atoms with E-state index in [1.807, 2.05) is 0 Å². The number of hydrogen-bond acceptors (Lipinski definition) is 2. The Bertz CT molecular complexity index is 323. The normalized spacial score (nSPS) is 22.6. The predicted octanol–water partition coefficient (Wildman–Crippen LogP) is 1.64. The first kappa shape index (κ1) is 8.48. The minimum atomic E-state index is 0.693. The molecular formula is C11H17N3. The van der Waals surface area contributed by atoms with Gasteiger partial charge in [-0.05, 0) is 31.4 Å². The van der Waals surface area contributed by atoms with Crippen molar-refractivity contribution in [3.8, 4) is 0 Å². The minimum Gasteiger partial charge on any atom is -0.311 e. The van der Waals surface area contributed by atoms with Crippen LogP contribution >= 0.6 is 0 Å². The van der Waals surface area contributed by atoms with Crippen LogP contribution < -0.4 is 5.32 Å². The highest BCUT2D eigenvalue weighted by Gasteiger charge is 2.22. The maximum atomic E-state index is 4.56. The predicted molar refractivity (Wildman–Crippen MR) is 55.1 cm³/mol. The third-order valence-electron chi connectivity index (χ3n) is 3.52. The van der Waals surface area contributed by atoms with Gasteiger partial charge in [-0.25, -0.2) is 0 Å². The van der Waals surface area contributed by atoms with Crippen molar-refractivity contribution in [1.82, 2.24) is 15.1 Å². The second-order valence-corrected chi connectivity index (χ2v) is 4.43. The topological polar surface area (TPSA) is 29.9 Å². The summed E-state index contributed by atoms with van der Waals surface area (Å²) in [7, 11) is 0. The van der Waals surface area contributed by atoms with Crippen molar-refractivity contribution in [2.45, 2.75) is 44.7 Å². The quantitative estimate of drug-likeness (QED) is 0.731. The average Bonchev–Trinajstić information content (AvgIpc) is 2.85. The molecule has 3 nitrogen and oxygen atoms in total. The van der Waals surface area contributed by atoms with E-state index in [1.165, 1.54) is 36.9 Å². The van der Waals surface area contributed by atoms with Crippen LogP contribution in [-0.4, -0.2) is 16.3 Å². The zero-order chi connectivity index (χ0) is 9.38. The van der Waals surface area contributed by atoms with E-state index in [9.17, 15) is 0 Å². The maximum Gasteiger partial charge on any atom is 0.0557 e. The Balaban J connectivity index is 1.93. The first-order chi connectivity index (χ1) is 6.95. The molecule has 2 heterocycles. The Labute approximate surface area is 84.5 Å². The molecule has 3 rings (SSSR count). The molecule has 3 heteroatoms. The third-order valence-corrected chi connectivity index (χ3v) is 3.52. The smallest absolute Gasteiger partial charge is 0.0557 e. The van der Waals surface area contributed by atoms with E-state index in [1.54, 1.807) is 0 Å². The highest BCUT2D eigenvalue weighted by Crippen LogP contribution is 2.31. The molecule has 0 unspecified atom stereocenters. The maximum absolute atomic E-state index is 4.56. The van der Waals surface area contributed by atoms with Gasteiger partial charge >= 0.3 is 0 Å². The zero-order valence-electron chi connectivity index (χ0n) is 8.50. The minimum absolute atomic E-state index is 0.693. The van der Waals surface area contributed by atoms with E-state index in [-0.39, 0.29) is 0 Å². The highest BCUT2D eigenvalue weighted by atomic mass is 15.3. The second kappa shape index (κ2) is 3.39. The highest BCUT2D eigenvalue weighted by molar-refractivity contribution is 5.21. The van der Waals surface area contributed by atoms with Crippen molar-refractivity contribution in [3.63, 3.8) is 0 Å². The lowest BCUT2D eigenvalue weighted by Crippen LogP contribution is -2.26. The molecule has 0 amide bonds. The largest absolute Gasteiger partial charge is 0.311 e. The number of aromatic nitrogens is 2. The molecule has 1 aromatic heterocycles. The van der Waals surface area contributed by atoms with Gasteiger partial charge in [0.2, 0.25) is 0 Å². The molecule has 1 fully saturated rings. The third kappa shape index (κ3) is 1.27. The lowest BCUT2D eigenvalue weighted by Gasteiger charge is -2.18. The molecule has 1 aromatic rings. The molecule has 14 heavy (non-hydrogen) atoms. The van der Waals surface area contributed by atoms with E-state index in [2.05, 4.69) is 21.3 Å². The SMILES string of the molecule is c1nn(C2CCCC2)c2c1CCNC2. The van der Waals surface area contributed by atoms with Crippen LogP contribution in [0.15, 0.2) is 6.20 Å². The monoisotopic (exact) mass is 191 g/mol. The fourth-order valence-corrected chi connectivity index (χ4v) is 2.72. The van der Waals surface area contributed by atoms with Crippen molar-refractivity contribution < 1.29 is 0 Å². The fraction of sp³-hybridized carbons (Fsp3) is 0.727. The zero-order valence-corrected chi connectivity index (χ0v) is 8.50. The summed E-state index contributed by atoms with van der Waals surface area (Å²) in [5.41, 5.74) is 2.92. The van der Waals surface area contributed by atoms with Crippen LogP contribution in [0.5, 0.6) is 0 Å². The first-order valence-electron chi connectivity index (χ1n) is 5.71. The molecule has 1 saturated carbocycles. The van der Waals surface area contributed by atoms with Gasteiger partial charge in [0.15, 0.2) is 0 Å². The molecule has 1 N–H and O–H groups in total. The van der Waals surface area contributed by atoms with Gasteiger partial charge in [0.1, 0.15) is 0 Å². The Morgan fingerprint density at radius 1 is 1.36 bits per heavy atom. The summed E-state index contributed by atoms with van der Waals surface area (Å²) in [5, 5.41) is 7.99. The van der Waals surface area contributed by atoms with E-state index >= 15 is 0 Å². The number of hydrogen-bond donors (Lipinski definition) is 1. The summed E-state index contributed by atoms with van der Waals surface area (Å²) in [6.45, 7) is 2.13. The van der Waals surface area contributed by atoms with Gasteiger partial charge < -0.3 is 5.32 Å². The van der Waals surface area contributed by atoms with Crippen LogP contribution in [0.25, 0.3) is 0 Å². The molecule has 0 atom stereocenters. The standard InChI is InChI=1S/C11H17N3/c1-2-4-10(3-1)14-11-8-12-6-5-9(11)7-13-14/h7,10,12H,1-6,8H2. The van der Waals surface area contributed by atoms with Crippen LogP contribution in [0.2, 0.25) is 0 Å². The number of nitrogens with one attached hydrogen (secondary N) is 1. The average molecular weight is 191 g/mol. The van der Waals surface area contributed by atoms with Crippen molar-refractivity contribution in [3.05, 3.63) is 17.5 Å². The van der Waals surface area contributed by atoms with Gasteiger partial charge in [0.05, 0.1) is 17.9 Å². The van der Waals surface area contributed by atoms with Gasteiger partial charge in [-0.1, -0.05) is 12.8 Å². The van der Waals surface area contributed by atoms with Gasteiger partial charge in [-0.2, -0.15) is 5.10 Å². The molecule has 0 aromatic carbocycles. The summed E-state index contributed by atoms with van der Waals surface area (Å²) in [4.78, 5) is 0. The summed E-state index contributed by atoms with van der Waals surface area (Å²) < 4.78 is 2.29. The van der Waals surface area contributed by atoms with E-state index in [4.69, 9.17) is 0 Å². The molecule has 1 aliphatic carbocycles. The van der Waals surface area contributed by atoms with Gasteiger partial charge in [-0.3, -0.25) is 4.68 Å².